The summed E-state index contributed by atoms with van der Waals surface area (Å²) in [4.78, 5) is 26.8. The molecule has 0 aliphatic carbocycles. The molecule has 2 amide bonds. The number of nitrogens with zero attached hydrogens (tertiary/aromatic N) is 1. The predicted molar refractivity (Wildman–Crippen MR) is 103 cm³/mol. The average Bonchev–Trinajstić information content (AvgIpc) is 2.62. The van der Waals surface area contributed by atoms with Crippen molar-refractivity contribution in [2.45, 2.75) is 11.4 Å². The predicted octanol–water partition coefficient (Wildman–Crippen LogP) is 2.73. The van der Waals surface area contributed by atoms with E-state index < -0.39 is 0 Å². The van der Waals surface area contributed by atoms with Crippen molar-refractivity contribution in [3.05, 3.63) is 59.9 Å². The van der Waals surface area contributed by atoms with Gasteiger partial charge in [-0.05, 0) is 55.3 Å². The molecule has 2 aromatic rings. The lowest BCUT2D eigenvalue weighted by Gasteiger charge is -2.16. The number of carbonyl (C=O) groups excluding carboxylic acids is 2. The Hall–Kier alpha value is -2.38. The highest BCUT2D eigenvalue weighted by atomic mass is 32.2. The van der Waals surface area contributed by atoms with Gasteiger partial charge in [-0.1, -0.05) is 12.1 Å². The van der Waals surface area contributed by atoms with Crippen LogP contribution in [0.3, 0.4) is 0 Å². The Morgan fingerprint density at radius 3 is 2.31 bits per heavy atom. The van der Waals surface area contributed by atoms with Gasteiger partial charge < -0.3 is 10.6 Å². The lowest BCUT2D eigenvalue weighted by Crippen LogP contribution is -2.39. The first-order chi connectivity index (χ1) is 12.5. The van der Waals surface area contributed by atoms with Gasteiger partial charge in [0.05, 0.1) is 13.1 Å². The van der Waals surface area contributed by atoms with E-state index in [1.165, 1.54) is 29.2 Å². The summed E-state index contributed by atoms with van der Waals surface area (Å²) in [6.07, 6.45) is 2.03. The molecule has 26 heavy (non-hydrogen) atoms. The molecule has 0 radical (unpaired) electrons. The third-order valence-corrected chi connectivity index (χ3v) is 4.34. The van der Waals surface area contributed by atoms with Crippen molar-refractivity contribution in [3.63, 3.8) is 0 Å². The Morgan fingerprint density at radius 1 is 1.04 bits per heavy atom. The minimum Gasteiger partial charge on any atom is -0.346 e. The number of carbonyl (C=O) groups is 2. The molecule has 5 nitrogen and oxygen atoms in total. The van der Waals surface area contributed by atoms with Crippen molar-refractivity contribution < 1.29 is 14.0 Å². The summed E-state index contributed by atoms with van der Waals surface area (Å²) in [5, 5.41) is 5.17. The molecule has 0 heterocycles. The maximum absolute atomic E-state index is 12.8. The summed E-state index contributed by atoms with van der Waals surface area (Å²) in [6, 6.07) is 13.6. The molecule has 2 rings (SSSR count). The number of anilines is 1. The number of rotatable bonds is 8. The van der Waals surface area contributed by atoms with Crippen LogP contribution in [0.1, 0.15) is 5.56 Å². The smallest absolute Gasteiger partial charge is 0.243 e. The second-order valence-electron chi connectivity index (χ2n) is 5.85. The van der Waals surface area contributed by atoms with Crippen molar-refractivity contribution in [1.29, 1.82) is 0 Å². The molecule has 2 aromatic carbocycles. The van der Waals surface area contributed by atoms with Crippen LogP contribution in [0, 0.1) is 5.82 Å². The maximum Gasteiger partial charge on any atom is 0.243 e. The van der Waals surface area contributed by atoms with Crippen molar-refractivity contribution in [2.24, 2.45) is 0 Å². The molecular weight excluding hydrogens is 353 g/mol. The Labute approximate surface area is 157 Å². The first-order valence-corrected chi connectivity index (χ1v) is 9.32. The highest BCUT2D eigenvalue weighted by Crippen LogP contribution is 2.15. The zero-order chi connectivity index (χ0) is 18.9. The number of halogens is 1. The molecule has 0 aromatic heterocycles. The second kappa shape index (κ2) is 9.94. The highest BCUT2D eigenvalue weighted by Gasteiger charge is 2.09. The van der Waals surface area contributed by atoms with Crippen LogP contribution in [0.5, 0.6) is 0 Å². The fraction of sp³-hybridized carbons (Fsp3) is 0.263. The van der Waals surface area contributed by atoms with Crippen molar-refractivity contribution >= 4 is 29.3 Å². The van der Waals surface area contributed by atoms with Gasteiger partial charge in [-0.2, -0.15) is 0 Å². The molecule has 0 fully saturated rings. The van der Waals surface area contributed by atoms with E-state index in [0.717, 1.165) is 5.56 Å². The van der Waals surface area contributed by atoms with E-state index in [-0.39, 0.29) is 30.7 Å². The van der Waals surface area contributed by atoms with Gasteiger partial charge in [0.25, 0.3) is 0 Å². The van der Waals surface area contributed by atoms with Gasteiger partial charge in [-0.15, -0.1) is 11.8 Å². The topological polar surface area (TPSA) is 61.4 Å². The zero-order valence-corrected chi connectivity index (χ0v) is 15.6. The zero-order valence-electron chi connectivity index (χ0n) is 14.8. The second-order valence-corrected chi connectivity index (χ2v) is 6.73. The molecule has 0 spiro atoms. The lowest BCUT2D eigenvalue weighted by molar-refractivity contribution is -0.124. The van der Waals surface area contributed by atoms with Crippen LogP contribution in [0.25, 0.3) is 0 Å². The molecule has 0 atom stereocenters. The summed E-state index contributed by atoms with van der Waals surface area (Å²) >= 11 is 1.68. The Kier molecular flexibility index (Phi) is 7.62. The minimum atomic E-state index is -0.373. The van der Waals surface area contributed by atoms with E-state index in [1.807, 2.05) is 42.5 Å². The fourth-order valence-corrected chi connectivity index (χ4v) is 2.73. The maximum atomic E-state index is 12.8. The quantitative estimate of drug-likeness (QED) is 0.697. The Morgan fingerprint density at radius 2 is 1.69 bits per heavy atom. The van der Waals surface area contributed by atoms with E-state index in [2.05, 4.69) is 10.6 Å². The van der Waals surface area contributed by atoms with Crippen molar-refractivity contribution in [3.8, 4) is 0 Å². The number of hydrogen-bond acceptors (Lipinski definition) is 4. The monoisotopic (exact) mass is 375 g/mol. The number of likely N-dealkylation sites (N-methyl/N-ethyl adjacent to an activating group) is 1. The van der Waals surface area contributed by atoms with Crippen LogP contribution >= 0.6 is 11.8 Å². The lowest BCUT2D eigenvalue weighted by atomic mass is 10.2. The third-order valence-electron chi connectivity index (χ3n) is 3.60. The number of hydrogen-bond donors (Lipinski definition) is 2. The molecule has 0 saturated carbocycles. The summed E-state index contributed by atoms with van der Waals surface area (Å²) in [5.41, 5.74) is 1.60. The van der Waals surface area contributed by atoms with Gasteiger partial charge in [0.15, 0.2) is 0 Å². The third kappa shape index (κ3) is 6.85. The van der Waals surface area contributed by atoms with Crippen molar-refractivity contribution in [1.82, 2.24) is 10.2 Å². The van der Waals surface area contributed by atoms with Gasteiger partial charge in [0.1, 0.15) is 5.82 Å². The Balaban J connectivity index is 1.71. The molecule has 0 aliphatic rings. The molecule has 0 bridgehead atoms. The average molecular weight is 375 g/mol. The molecule has 2 N–H and O–H groups in total. The normalized spacial score (nSPS) is 10.6. The van der Waals surface area contributed by atoms with E-state index in [4.69, 9.17) is 0 Å². The minimum absolute atomic E-state index is 0.132. The molecule has 0 unspecified atom stereocenters. The van der Waals surface area contributed by atoms with E-state index in [1.54, 1.807) is 11.8 Å². The number of nitrogens with one attached hydrogen (secondary N) is 2. The number of amides is 2. The first-order valence-electron chi connectivity index (χ1n) is 8.10. The van der Waals surface area contributed by atoms with Gasteiger partial charge in [-0.3, -0.25) is 14.5 Å². The molecule has 7 heteroatoms. The largest absolute Gasteiger partial charge is 0.346 e. The molecule has 138 valence electrons. The van der Waals surface area contributed by atoms with E-state index in [0.29, 0.717) is 12.2 Å². The first kappa shape index (κ1) is 19.9. The van der Waals surface area contributed by atoms with Gasteiger partial charge in [-0.25, -0.2) is 4.39 Å². The summed E-state index contributed by atoms with van der Waals surface area (Å²) < 4.78 is 12.8. The van der Waals surface area contributed by atoms with Crippen molar-refractivity contribution in [2.75, 3.05) is 31.7 Å². The number of benzene rings is 2. The van der Waals surface area contributed by atoms with Gasteiger partial charge >= 0.3 is 0 Å². The van der Waals surface area contributed by atoms with Crippen LogP contribution in [0.2, 0.25) is 0 Å². The molecule has 0 aliphatic heterocycles. The molecule has 0 saturated heterocycles. The van der Waals surface area contributed by atoms with E-state index in [9.17, 15) is 14.0 Å². The van der Waals surface area contributed by atoms with Gasteiger partial charge in [0, 0.05) is 17.1 Å². The summed E-state index contributed by atoms with van der Waals surface area (Å²) in [5.74, 6) is -0.967. The summed E-state index contributed by atoms with van der Waals surface area (Å²) in [7, 11) is 1.85. The number of thioether (sulfide) groups is 1. The van der Waals surface area contributed by atoms with Crippen LogP contribution < -0.4 is 10.6 Å². The van der Waals surface area contributed by atoms with E-state index >= 15 is 0 Å². The van der Waals surface area contributed by atoms with Crippen LogP contribution in [0.15, 0.2) is 53.4 Å². The fourth-order valence-electron chi connectivity index (χ4n) is 2.32. The highest BCUT2D eigenvalue weighted by molar-refractivity contribution is 7.98. The van der Waals surface area contributed by atoms with Gasteiger partial charge in [0.2, 0.25) is 11.8 Å². The standard InChI is InChI=1S/C19H22FN3O2S/c1-23(12-14-3-9-17(26-2)10-4-14)13-19(25)21-11-18(24)22-16-7-5-15(20)6-8-16/h3-10H,11-13H2,1-2H3,(H,21,25)(H,22,24). The SMILES string of the molecule is CSc1ccc(CN(C)CC(=O)NCC(=O)Nc2ccc(F)cc2)cc1. The summed E-state index contributed by atoms with van der Waals surface area (Å²) in [6.45, 7) is 0.699. The molecular formula is C19H22FN3O2S. The van der Waals surface area contributed by atoms with Crippen LogP contribution in [0.4, 0.5) is 10.1 Å². The van der Waals surface area contributed by atoms with Crippen LogP contribution in [-0.4, -0.2) is 43.1 Å². The van der Waals surface area contributed by atoms with Crippen LogP contribution in [-0.2, 0) is 16.1 Å². The Bertz CT molecular complexity index is 735.